The summed E-state index contributed by atoms with van der Waals surface area (Å²) in [7, 11) is 0. The van der Waals surface area contributed by atoms with E-state index in [4.69, 9.17) is 0 Å². The summed E-state index contributed by atoms with van der Waals surface area (Å²) in [5.74, 6) is 0.0935. The molecule has 2 unspecified atom stereocenters. The van der Waals surface area contributed by atoms with Crippen molar-refractivity contribution in [2.45, 2.75) is 33.1 Å². The summed E-state index contributed by atoms with van der Waals surface area (Å²) >= 11 is 0. The first-order valence-electron chi connectivity index (χ1n) is 8.14. The Bertz CT molecular complexity index is 842. The molecule has 0 spiro atoms. The van der Waals surface area contributed by atoms with Gasteiger partial charge in [-0.3, -0.25) is 4.79 Å². The number of aryl methyl sites for hydroxylation is 2. The minimum Gasteiger partial charge on any atom is -0.384 e. The normalized spacial score (nSPS) is 28.1. The average Bonchev–Trinajstić information content (AvgIpc) is 2.52. The molecule has 2 aromatic carbocycles. The third kappa shape index (κ3) is 1.68. The molecule has 2 heterocycles. The molecule has 1 amide bonds. The van der Waals surface area contributed by atoms with Gasteiger partial charge in [-0.2, -0.15) is 0 Å². The van der Waals surface area contributed by atoms with E-state index in [9.17, 15) is 4.79 Å². The number of hydrogen-bond donors (Lipinski definition) is 2. The highest BCUT2D eigenvalue weighted by Gasteiger charge is 2.58. The van der Waals surface area contributed by atoms with Crippen LogP contribution in [0, 0.1) is 19.3 Å². The van der Waals surface area contributed by atoms with Crippen molar-refractivity contribution in [3.8, 4) is 0 Å². The average molecular weight is 306 g/mol. The maximum absolute atomic E-state index is 12.9. The van der Waals surface area contributed by atoms with Gasteiger partial charge in [0, 0.05) is 23.3 Å². The number of carbonyl (C=O) groups is 1. The molecule has 3 heteroatoms. The van der Waals surface area contributed by atoms with Gasteiger partial charge in [-0.25, -0.2) is 0 Å². The number of anilines is 2. The van der Waals surface area contributed by atoms with Gasteiger partial charge in [0.15, 0.2) is 0 Å². The van der Waals surface area contributed by atoms with E-state index in [1.54, 1.807) is 0 Å². The Labute approximate surface area is 137 Å². The summed E-state index contributed by atoms with van der Waals surface area (Å²) in [5.41, 5.74) is 6.08. The minimum absolute atomic E-state index is 0.0935. The second-order valence-corrected chi connectivity index (χ2v) is 7.36. The molecular weight excluding hydrogens is 284 g/mol. The number of carbonyl (C=O) groups excluding carboxylic acids is 1. The van der Waals surface area contributed by atoms with Crippen LogP contribution in [0.3, 0.4) is 0 Å². The van der Waals surface area contributed by atoms with Crippen molar-refractivity contribution in [3.63, 3.8) is 0 Å². The fourth-order valence-electron chi connectivity index (χ4n) is 4.16. The van der Waals surface area contributed by atoms with Crippen LogP contribution in [-0.4, -0.2) is 12.5 Å². The summed E-state index contributed by atoms with van der Waals surface area (Å²) in [6, 6.07) is 12.8. The van der Waals surface area contributed by atoms with E-state index in [1.165, 1.54) is 22.3 Å². The number of nitrogens with one attached hydrogen (secondary N) is 2. The summed E-state index contributed by atoms with van der Waals surface area (Å²) in [5, 5.41) is 6.59. The second kappa shape index (κ2) is 4.38. The molecule has 0 aliphatic carbocycles. The third-order valence-corrected chi connectivity index (χ3v) is 5.91. The summed E-state index contributed by atoms with van der Waals surface area (Å²) in [6.07, 6.45) is 0. The second-order valence-electron chi connectivity index (χ2n) is 7.36. The molecule has 2 aromatic rings. The Morgan fingerprint density at radius 1 is 0.913 bits per heavy atom. The molecule has 2 atom stereocenters. The lowest BCUT2D eigenvalue weighted by atomic mass is 9.54. The smallest absolute Gasteiger partial charge is 0.233 e. The van der Waals surface area contributed by atoms with Crippen LogP contribution in [0.15, 0.2) is 36.4 Å². The number of rotatable bonds is 0. The highest BCUT2D eigenvalue weighted by Crippen LogP contribution is 2.56. The molecule has 23 heavy (non-hydrogen) atoms. The van der Waals surface area contributed by atoms with Gasteiger partial charge in [-0.1, -0.05) is 42.3 Å². The van der Waals surface area contributed by atoms with Crippen molar-refractivity contribution in [2.75, 3.05) is 17.2 Å². The van der Waals surface area contributed by atoms with Gasteiger partial charge in [0.05, 0.1) is 5.41 Å². The van der Waals surface area contributed by atoms with Crippen LogP contribution in [0.5, 0.6) is 0 Å². The standard InChI is InChI=1S/C20H22N2O/c1-12-5-7-16-14(9-12)20(4)15-10-13(2)6-8-17(15)22-18(23)19(20,3)11-21-16/h5-10,21H,11H2,1-4H3,(H,22,23). The Balaban J connectivity index is 2.10. The molecule has 0 aromatic heterocycles. The molecule has 0 fully saturated rings. The van der Waals surface area contributed by atoms with E-state index < -0.39 is 5.41 Å². The number of fused-ring (bicyclic) bond motifs is 5. The van der Waals surface area contributed by atoms with Crippen molar-refractivity contribution in [1.82, 2.24) is 0 Å². The van der Waals surface area contributed by atoms with Gasteiger partial charge in [0.2, 0.25) is 5.91 Å². The molecule has 2 N–H and O–H groups in total. The van der Waals surface area contributed by atoms with E-state index in [0.29, 0.717) is 6.54 Å². The van der Waals surface area contributed by atoms with Gasteiger partial charge >= 0.3 is 0 Å². The molecule has 2 aliphatic heterocycles. The lowest BCUT2D eigenvalue weighted by molar-refractivity contribution is -0.127. The monoisotopic (exact) mass is 306 g/mol. The Kier molecular flexibility index (Phi) is 2.72. The molecule has 0 saturated carbocycles. The predicted octanol–water partition coefficient (Wildman–Crippen LogP) is 3.99. The number of amides is 1. The van der Waals surface area contributed by atoms with Crippen LogP contribution in [-0.2, 0) is 10.2 Å². The molecule has 0 radical (unpaired) electrons. The van der Waals surface area contributed by atoms with Crippen molar-refractivity contribution >= 4 is 17.3 Å². The zero-order valence-electron chi connectivity index (χ0n) is 14.1. The van der Waals surface area contributed by atoms with Crippen LogP contribution in [0.2, 0.25) is 0 Å². The predicted molar refractivity (Wildman–Crippen MR) is 94.0 cm³/mol. The lowest BCUT2D eigenvalue weighted by Gasteiger charge is -2.53. The first-order valence-corrected chi connectivity index (χ1v) is 8.14. The summed E-state index contributed by atoms with van der Waals surface area (Å²) in [4.78, 5) is 12.9. The van der Waals surface area contributed by atoms with Gasteiger partial charge in [-0.05, 0) is 44.0 Å². The summed E-state index contributed by atoms with van der Waals surface area (Å²) in [6.45, 7) is 9.15. The Morgan fingerprint density at radius 3 is 2.13 bits per heavy atom. The van der Waals surface area contributed by atoms with Crippen molar-refractivity contribution in [1.29, 1.82) is 0 Å². The Morgan fingerprint density at radius 2 is 1.48 bits per heavy atom. The fourth-order valence-corrected chi connectivity index (χ4v) is 4.16. The molecule has 2 aliphatic rings. The number of benzene rings is 2. The van der Waals surface area contributed by atoms with Gasteiger partial charge < -0.3 is 10.6 Å². The zero-order valence-corrected chi connectivity index (χ0v) is 14.1. The highest BCUT2D eigenvalue weighted by atomic mass is 16.2. The van der Waals surface area contributed by atoms with E-state index >= 15 is 0 Å². The highest BCUT2D eigenvalue weighted by molar-refractivity contribution is 6.02. The van der Waals surface area contributed by atoms with Gasteiger partial charge in [0.1, 0.15) is 0 Å². The van der Waals surface area contributed by atoms with Crippen LogP contribution in [0.4, 0.5) is 11.4 Å². The third-order valence-electron chi connectivity index (χ3n) is 5.91. The number of hydrogen-bond acceptors (Lipinski definition) is 2. The molecule has 3 nitrogen and oxygen atoms in total. The van der Waals surface area contributed by atoms with Crippen molar-refractivity contribution < 1.29 is 4.79 Å². The van der Waals surface area contributed by atoms with Crippen LogP contribution in [0.1, 0.15) is 36.1 Å². The topological polar surface area (TPSA) is 41.1 Å². The summed E-state index contributed by atoms with van der Waals surface area (Å²) < 4.78 is 0. The molecular formula is C20H22N2O. The maximum atomic E-state index is 12.9. The first-order chi connectivity index (χ1) is 10.9. The van der Waals surface area contributed by atoms with E-state index in [1.807, 2.05) is 6.07 Å². The largest absolute Gasteiger partial charge is 0.384 e. The Hall–Kier alpha value is -2.29. The van der Waals surface area contributed by atoms with Crippen molar-refractivity contribution in [2.24, 2.45) is 5.41 Å². The van der Waals surface area contributed by atoms with Crippen LogP contribution >= 0.6 is 0 Å². The van der Waals surface area contributed by atoms with E-state index in [2.05, 4.69) is 68.7 Å². The quantitative estimate of drug-likeness (QED) is 0.772. The maximum Gasteiger partial charge on any atom is 0.233 e. The zero-order chi connectivity index (χ0) is 16.4. The molecule has 0 bridgehead atoms. The van der Waals surface area contributed by atoms with Gasteiger partial charge in [0.25, 0.3) is 0 Å². The van der Waals surface area contributed by atoms with Crippen LogP contribution < -0.4 is 10.6 Å². The fraction of sp³-hybridized carbons (Fsp3) is 0.350. The molecule has 0 saturated heterocycles. The first kappa shape index (κ1) is 14.3. The molecule has 4 rings (SSSR count). The van der Waals surface area contributed by atoms with Crippen molar-refractivity contribution in [3.05, 3.63) is 58.7 Å². The van der Waals surface area contributed by atoms with E-state index in [0.717, 1.165) is 11.4 Å². The minimum atomic E-state index is -0.519. The van der Waals surface area contributed by atoms with E-state index in [-0.39, 0.29) is 11.3 Å². The van der Waals surface area contributed by atoms with Gasteiger partial charge in [-0.15, -0.1) is 0 Å². The lowest BCUT2D eigenvalue weighted by Crippen LogP contribution is -2.59. The molecule has 118 valence electrons. The SMILES string of the molecule is Cc1ccc2c(c1)C1(C)c3cc(C)ccc3NC(=O)C1(C)CN2. The van der Waals surface area contributed by atoms with Crippen LogP contribution in [0.25, 0.3) is 0 Å².